The van der Waals surface area contributed by atoms with Crippen LogP contribution in [0.4, 0.5) is 10.1 Å². The van der Waals surface area contributed by atoms with Crippen molar-refractivity contribution in [1.29, 1.82) is 0 Å². The summed E-state index contributed by atoms with van der Waals surface area (Å²) in [4.78, 5) is 27.2. The van der Waals surface area contributed by atoms with Gasteiger partial charge in [0.15, 0.2) is 11.6 Å². The van der Waals surface area contributed by atoms with Crippen LogP contribution in [0.3, 0.4) is 0 Å². The van der Waals surface area contributed by atoms with E-state index in [2.05, 4.69) is 0 Å². The number of hydrogen-bond acceptors (Lipinski definition) is 6. The van der Waals surface area contributed by atoms with Crippen molar-refractivity contribution in [1.82, 2.24) is 5.06 Å². The van der Waals surface area contributed by atoms with Gasteiger partial charge in [0.05, 0.1) is 22.9 Å². The van der Waals surface area contributed by atoms with Crippen LogP contribution in [0.1, 0.15) is 27.2 Å². The van der Waals surface area contributed by atoms with E-state index < -0.39 is 22.3 Å². The van der Waals surface area contributed by atoms with Crippen molar-refractivity contribution >= 4 is 11.7 Å². The van der Waals surface area contributed by atoms with Crippen molar-refractivity contribution < 1.29 is 23.7 Å². The fourth-order valence-electron chi connectivity index (χ4n) is 2.01. The molecule has 1 fully saturated rings. The molecular weight excluding hydrogens is 307 g/mol. The van der Waals surface area contributed by atoms with E-state index in [0.29, 0.717) is 13.0 Å². The summed E-state index contributed by atoms with van der Waals surface area (Å²) in [5.41, 5.74) is -0.860. The number of halogens is 1. The Bertz CT molecular complexity index is 614. The van der Waals surface area contributed by atoms with Gasteiger partial charge in [-0.15, -0.1) is 5.06 Å². The summed E-state index contributed by atoms with van der Waals surface area (Å²) in [6.07, 6.45) is 0.124. The topological polar surface area (TPSA) is 81.9 Å². The first-order chi connectivity index (χ1) is 10.7. The molecule has 0 radical (unpaired) electrons. The van der Waals surface area contributed by atoms with Gasteiger partial charge in [-0.3, -0.25) is 10.1 Å². The highest BCUT2D eigenvalue weighted by Crippen LogP contribution is 2.27. The van der Waals surface area contributed by atoms with E-state index in [1.165, 1.54) is 5.06 Å². The number of benzene rings is 1. The van der Waals surface area contributed by atoms with Crippen molar-refractivity contribution in [3.05, 3.63) is 34.1 Å². The number of hydroxylamine groups is 2. The molecule has 0 saturated carbocycles. The van der Waals surface area contributed by atoms with Gasteiger partial charge in [0, 0.05) is 19.0 Å². The lowest BCUT2D eigenvalue weighted by Crippen LogP contribution is -2.33. The van der Waals surface area contributed by atoms with Gasteiger partial charge < -0.3 is 9.57 Å². The lowest BCUT2D eigenvalue weighted by atomic mass is 9.98. The lowest BCUT2D eigenvalue weighted by Gasteiger charge is -2.22. The molecular formula is C15H19FN2O5. The van der Waals surface area contributed by atoms with E-state index in [4.69, 9.17) is 9.57 Å². The fourth-order valence-corrected chi connectivity index (χ4v) is 2.01. The van der Waals surface area contributed by atoms with E-state index >= 15 is 0 Å². The Kier molecular flexibility index (Phi) is 4.84. The Morgan fingerprint density at radius 3 is 2.74 bits per heavy atom. The highest BCUT2D eigenvalue weighted by molar-refractivity contribution is 5.75. The van der Waals surface area contributed by atoms with E-state index in [-0.39, 0.29) is 24.0 Å². The monoisotopic (exact) mass is 326 g/mol. The van der Waals surface area contributed by atoms with E-state index in [0.717, 1.165) is 18.2 Å². The summed E-state index contributed by atoms with van der Waals surface area (Å²) in [7, 11) is 0. The Morgan fingerprint density at radius 2 is 2.13 bits per heavy atom. The van der Waals surface area contributed by atoms with Crippen LogP contribution in [0.2, 0.25) is 0 Å². The molecule has 0 bridgehead atoms. The van der Waals surface area contributed by atoms with Crippen LogP contribution in [0.5, 0.6) is 5.75 Å². The molecule has 1 aliphatic heterocycles. The second-order valence-corrected chi connectivity index (χ2v) is 6.42. The quantitative estimate of drug-likeness (QED) is 0.625. The molecule has 0 spiro atoms. The Hall–Kier alpha value is -2.22. The van der Waals surface area contributed by atoms with Crippen LogP contribution >= 0.6 is 0 Å². The standard InChI is InChI=1S/C15H19FN2O5/c1-15(2,3)14(19)23-17-7-6-11(9-17)22-13-8-10(18(20)21)4-5-12(13)16/h4-5,8,11H,6-7,9H2,1-3H3/t11-/m1/s1. The number of nitro benzene ring substituents is 1. The molecule has 7 nitrogen and oxygen atoms in total. The minimum absolute atomic E-state index is 0.173. The average molecular weight is 326 g/mol. The van der Waals surface area contributed by atoms with Gasteiger partial charge >= 0.3 is 5.97 Å². The summed E-state index contributed by atoms with van der Waals surface area (Å²) in [5, 5.41) is 12.2. The first-order valence-electron chi connectivity index (χ1n) is 7.25. The average Bonchev–Trinajstić information content (AvgIpc) is 2.87. The van der Waals surface area contributed by atoms with Crippen LogP contribution < -0.4 is 4.74 Å². The van der Waals surface area contributed by atoms with Gasteiger partial charge in [-0.1, -0.05) is 0 Å². The van der Waals surface area contributed by atoms with Crippen molar-refractivity contribution in [2.45, 2.75) is 33.3 Å². The van der Waals surface area contributed by atoms with Gasteiger partial charge in [-0.2, -0.15) is 0 Å². The van der Waals surface area contributed by atoms with Crippen molar-refractivity contribution in [2.24, 2.45) is 5.41 Å². The maximum Gasteiger partial charge on any atom is 0.330 e. The fraction of sp³-hybridized carbons (Fsp3) is 0.533. The SMILES string of the molecule is CC(C)(C)C(=O)ON1CC[C@@H](Oc2cc([N+](=O)[O-])ccc2F)C1. The van der Waals surface area contributed by atoms with Crippen LogP contribution in [-0.4, -0.2) is 35.1 Å². The molecule has 2 rings (SSSR count). The van der Waals surface area contributed by atoms with Crippen LogP contribution in [0, 0.1) is 21.3 Å². The number of nitrogens with zero attached hydrogens (tertiary/aromatic N) is 2. The lowest BCUT2D eigenvalue weighted by molar-refractivity contribution is -0.385. The van der Waals surface area contributed by atoms with Crippen LogP contribution in [0.25, 0.3) is 0 Å². The van der Waals surface area contributed by atoms with E-state index in [1.54, 1.807) is 20.8 Å². The van der Waals surface area contributed by atoms with Crippen molar-refractivity contribution in [2.75, 3.05) is 13.1 Å². The maximum atomic E-state index is 13.7. The molecule has 0 N–H and O–H groups in total. The molecule has 8 heteroatoms. The zero-order valence-corrected chi connectivity index (χ0v) is 13.2. The smallest absolute Gasteiger partial charge is 0.330 e. The van der Waals surface area contributed by atoms with Gasteiger partial charge in [0.25, 0.3) is 5.69 Å². The van der Waals surface area contributed by atoms with Gasteiger partial charge in [0.2, 0.25) is 0 Å². The molecule has 1 aromatic carbocycles. The highest BCUT2D eigenvalue weighted by atomic mass is 19.1. The Morgan fingerprint density at radius 1 is 1.43 bits per heavy atom. The summed E-state index contributed by atoms with van der Waals surface area (Å²) < 4.78 is 19.2. The summed E-state index contributed by atoms with van der Waals surface area (Å²) in [5.74, 6) is -1.20. The number of carbonyl (C=O) groups excluding carboxylic acids is 1. The molecule has 1 aromatic rings. The third-order valence-electron chi connectivity index (χ3n) is 3.35. The normalized spacial score (nSPS) is 18.7. The van der Waals surface area contributed by atoms with Gasteiger partial charge in [0.1, 0.15) is 6.10 Å². The molecule has 126 valence electrons. The molecule has 0 amide bonds. The Balaban J connectivity index is 1.97. The third kappa shape index (κ3) is 4.38. The predicted molar refractivity (Wildman–Crippen MR) is 79.2 cm³/mol. The van der Waals surface area contributed by atoms with Crippen LogP contribution in [0.15, 0.2) is 18.2 Å². The molecule has 1 heterocycles. The molecule has 1 saturated heterocycles. The zero-order chi connectivity index (χ0) is 17.2. The maximum absolute atomic E-state index is 13.7. The highest BCUT2D eigenvalue weighted by Gasteiger charge is 2.31. The van der Waals surface area contributed by atoms with Crippen molar-refractivity contribution in [3.8, 4) is 5.75 Å². The first kappa shape index (κ1) is 17.1. The number of nitro groups is 1. The largest absolute Gasteiger partial charge is 0.486 e. The van der Waals surface area contributed by atoms with Crippen molar-refractivity contribution in [3.63, 3.8) is 0 Å². The molecule has 23 heavy (non-hydrogen) atoms. The number of ether oxygens (including phenoxy) is 1. The third-order valence-corrected chi connectivity index (χ3v) is 3.35. The zero-order valence-electron chi connectivity index (χ0n) is 13.2. The summed E-state index contributed by atoms with van der Waals surface area (Å²) in [6.45, 7) is 5.99. The molecule has 0 aliphatic carbocycles. The molecule has 0 aromatic heterocycles. The molecule has 0 unspecified atom stereocenters. The predicted octanol–water partition coefficient (Wildman–Crippen LogP) is 2.69. The molecule has 1 aliphatic rings. The van der Waals surface area contributed by atoms with Gasteiger partial charge in [-0.25, -0.2) is 9.18 Å². The van der Waals surface area contributed by atoms with Gasteiger partial charge in [-0.05, 0) is 26.8 Å². The number of rotatable bonds is 4. The van der Waals surface area contributed by atoms with Crippen LogP contribution in [-0.2, 0) is 9.63 Å². The first-order valence-corrected chi connectivity index (χ1v) is 7.25. The second-order valence-electron chi connectivity index (χ2n) is 6.42. The minimum atomic E-state index is -0.666. The number of non-ortho nitro benzene ring substituents is 1. The van der Waals surface area contributed by atoms with E-state index in [1.807, 2.05) is 0 Å². The molecule has 1 atom stereocenters. The second kappa shape index (κ2) is 6.49. The number of hydrogen-bond donors (Lipinski definition) is 0. The summed E-state index contributed by atoms with van der Waals surface area (Å²) >= 11 is 0. The summed E-state index contributed by atoms with van der Waals surface area (Å²) in [6, 6.07) is 3.13. The Labute approximate surface area is 133 Å². The van der Waals surface area contributed by atoms with E-state index in [9.17, 15) is 19.3 Å². The number of carbonyl (C=O) groups is 1. The minimum Gasteiger partial charge on any atom is -0.486 e.